The molecule has 0 aliphatic carbocycles. The second-order valence-corrected chi connectivity index (χ2v) is 10.2. The second-order valence-electron chi connectivity index (χ2n) is 10.2. The molecule has 0 saturated carbocycles. The molecule has 0 spiro atoms. The van der Waals surface area contributed by atoms with Gasteiger partial charge in [0.05, 0.1) is 17.7 Å². The van der Waals surface area contributed by atoms with Crippen molar-refractivity contribution in [1.29, 1.82) is 0 Å². The molecule has 6 N–H and O–H groups in total. The molecule has 0 aliphatic heterocycles. The molecule has 1 heterocycles. The molecular weight excluding hydrogens is 546 g/mol. The van der Waals surface area contributed by atoms with E-state index in [4.69, 9.17) is 4.74 Å². The van der Waals surface area contributed by atoms with E-state index < -0.39 is 18.2 Å². The van der Waals surface area contributed by atoms with Crippen molar-refractivity contribution in [2.45, 2.75) is 25.2 Å². The first-order valence-corrected chi connectivity index (χ1v) is 14.0. The Balaban J connectivity index is 1.12. The number of aromatic amines is 1. The maximum Gasteiger partial charge on any atom is 0.405 e. The number of phenols is 1. The van der Waals surface area contributed by atoms with Crippen LogP contribution in [0.5, 0.6) is 11.5 Å². The molecule has 9 heteroatoms. The van der Waals surface area contributed by atoms with Crippen LogP contribution in [0.15, 0.2) is 108 Å². The maximum absolute atomic E-state index is 11.6. The summed E-state index contributed by atoms with van der Waals surface area (Å²) in [5, 5.41) is 36.6. The van der Waals surface area contributed by atoms with E-state index >= 15 is 0 Å². The Hall–Kier alpha value is -5.12. The standard InChI is InChI=1S/C34H33N3O6/c38-29-15-13-27(28-14-16-31(40)36-33(28)29)30(39)20-35-18-17-22-9-11-23(12-10-22)21-43-26-8-4-7-25(19-26)32(37-34(41)42)24-5-2-1-3-6-24/h1-16,19,30,32,35,37-39H,17-18,20-21H2,(H,36,40)(H,41,42)/t30-,32?/m1/s1. The Morgan fingerprint density at radius 3 is 2.37 bits per heavy atom. The molecule has 220 valence electrons. The van der Waals surface area contributed by atoms with Gasteiger partial charge in [-0.15, -0.1) is 0 Å². The summed E-state index contributed by atoms with van der Waals surface area (Å²) in [5.41, 5.74) is 4.37. The maximum atomic E-state index is 11.6. The minimum Gasteiger partial charge on any atom is -0.506 e. The van der Waals surface area contributed by atoms with E-state index in [1.165, 1.54) is 12.1 Å². The smallest absolute Gasteiger partial charge is 0.405 e. The molecule has 0 fully saturated rings. The zero-order valence-electron chi connectivity index (χ0n) is 23.4. The molecule has 9 nitrogen and oxygen atoms in total. The van der Waals surface area contributed by atoms with Gasteiger partial charge in [0.1, 0.15) is 18.1 Å². The molecule has 0 saturated heterocycles. The summed E-state index contributed by atoms with van der Waals surface area (Å²) in [5.74, 6) is 0.605. The lowest BCUT2D eigenvalue weighted by atomic mass is 9.98. The third kappa shape index (κ3) is 7.59. The summed E-state index contributed by atoms with van der Waals surface area (Å²) in [6, 6.07) is 30.5. The van der Waals surface area contributed by atoms with E-state index in [-0.39, 0.29) is 11.3 Å². The Morgan fingerprint density at radius 2 is 1.60 bits per heavy atom. The summed E-state index contributed by atoms with van der Waals surface area (Å²) < 4.78 is 6.02. The molecule has 1 aromatic heterocycles. The number of ether oxygens (including phenoxy) is 1. The van der Waals surface area contributed by atoms with Crippen molar-refractivity contribution in [2.75, 3.05) is 13.1 Å². The minimum absolute atomic E-state index is 0.0382. The predicted molar refractivity (Wildman–Crippen MR) is 164 cm³/mol. The molecule has 1 unspecified atom stereocenters. The minimum atomic E-state index is -1.10. The Morgan fingerprint density at radius 1 is 0.860 bits per heavy atom. The van der Waals surface area contributed by atoms with Gasteiger partial charge in [0.25, 0.3) is 0 Å². The molecule has 5 aromatic rings. The molecule has 2 atom stereocenters. The average Bonchev–Trinajstić information content (AvgIpc) is 3.02. The van der Waals surface area contributed by atoms with Gasteiger partial charge in [-0.3, -0.25) is 4.79 Å². The normalized spacial score (nSPS) is 12.5. The van der Waals surface area contributed by atoms with Crippen LogP contribution in [0.3, 0.4) is 0 Å². The second kappa shape index (κ2) is 13.7. The molecule has 5 rings (SSSR count). The van der Waals surface area contributed by atoms with Crippen LogP contribution in [0.25, 0.3) is 10.9 Å². The molecule has 1 amide bonds. The molecule has 0 radical (unpaired) electrons. The van der Waals surface area contributed by atoms with Gasteiger partial charge in [-0.1, -0.05) is 72.8 Å². The SMILES string of the molecule is O=C(O)NC(c1ccccc1)c1cccc(OCc2ccc(CCNC[C@@H](O)c3ccc(O)c4[nH]c(=O)ccc34)cc2)c1. The third-order valence-corrected chi connectivity index (χ3v) is 7.21. The Labute approximate surface area is 248 Å². The van der Waals surface area contributed by atoms with Gasteiger partial charge < -0.3 is 35.7 Å². The van der Waals surface area contributed by atoms with Crippen LogP contribution in [0.1, 0.15) is 40.0 Å². The number of hydrogen-bond donors (Lipinski definition) is 6. The largest absolute Gasteiger partial charge is 0.506 e. The Kier molecular flexibility index (Phi) is 9.36. The predicted octanol–water partition coefficient (Wildman–Crippen LogP) is 5.04. The quantitative estimate of drug-likeness (QED) is 0.114. The van der Waals surface area contributed by atoms with Crippen molar-refractivity contribution < 1.29 is 24.9 Å². The fourth-order valence-corrected chi connectivity index (χ4v) is 5.01. The summed E-state index contributed by atoms with van der Waals surface area (Å²) in [7, 11) is 0. The van der Waals surface area contributed by atoms with Crippen molar-refractivity contribution in [3.8, 4) is 11.5 Å². The van der Waals surface area contributed by atoms with Gasteiger partial charge in [0.15, 0.2) is 0 Å². The van der Waals surface area contributed by atoms with Crippen molar-refractivity contribution >= 4 is 17.0 Å². The fraction of sp³-hybridized carbons (Fsp3) is 0.176. The number of phenolic OH excluding ortho intramolecular Hbond substituents is 1. The van der Waals surface area contributed by atoms with Crippen molar-refractivity contribution in [1.82, 2.24) is 15.6 Å². The monoisotopic (exact) mass is 579 g/mol. The highest BCUT2D eigenvalue weighted by molar-refractivity contribution is 5.87. The van der Waals surface area contributed by atoms with Gasteiger partial charge in [-0.05, 0) is 65.0 Å². The number of hydrogen-bond acceptors (Lipinski definition) is 6. The number of H-pyrrole nitrogens is 1. The van der Waals surface area contributed by atoms with Gasteiger partial charge in [0, 0.05) is 18.0 Å². The number of carbonyl (C=O) groups is 1. The number of aromatic hydroxyl groups is 1. The third-order valence-electron chi connectivity index (χ3n) is 7.21. The summed E-state index contributed by atoms with van der Waals surface area (Å²) in [6.45, 7) is 1.33. The van der Waals surface area contributed by atoms with Crippen LogP contribution in [-0.2, 0) is 13.0 Å². The van der Waals surface area contributed by atoms with Crippen molar-refractivity contribution in [2.24, 2.45) is 0 Å². The van der Waals surface area contributed by atoms with Crippen LogP contribution in [0.2, 0.25) is 0 Å². The zero-order valence-corrected chi connectivity index (χ0v) is 23.4. The van der Waals surface area contributed by atoms with Crippen LogP contribution in [-0.4, -0.2) is 39.5 Å². The van der Waals surface area contributed by atoms with Crippen LogP contribution >= 0.6 is 0 Å². The average molecular weight is 580 g/mol. The topological polar surface area (TPSA) is 144 Å². The highest BCUT2D eigenvalue weighted by Gasteiger charge is 2.17. The number of aromatic nitrogens is 1. The number of carboxylic acid groups (broad SMARTS) is 1. The number of benzene rings is 4. The summed E-state index contributed by atoms with van der Waals surface area (Å²) in [4.78, 5) is 25.7. The first-order chi connectivity index (χ1) is 20.9. The number of nitrogens with one attached hydrogen (secondary N) is 3. The molecule has 43 heavy (non-hydrogen) atoms. The first kappa shape index (κ1) is 29.4. The molecule has 4 aromatic carbocycles. The lowest BCUT2D eigenvalue weighted by molar-refractivity contribution is 0.176. The zero-order chi connectivity index (χ0) is 30.2. The lowest BCUT2D eigenvalue weighted by Crippen LogP contribution is -2.27. The molecule has 0 aliphatic rings. The fourth-order valence-electron chi connectivity index (χ4n) is 5.01. The van der Waals surface area contributed by atoms with Crippen LogP contribution in [0.4, 0.5) is 4.79 Å². The number of aliphatic hydroxyl groups is 1. The number of pyridine rings is 1. The highest BCUT2D eigenvalue weighted by Crippen LogP contribution is 2.29. The van der Waals surface area contributed by atoms with Crippen molar-refractivity contribution in [3.63, 3.8) is 0 Å². The highest BCUT2D eigenvalue weighted by atomic mass is 16.5. The lowest BCUT2D eigenvalue weighted by Gasteiger charge is -2.19. The number of fused-ring (bicyclic) bond motifs is 1. The van der Waals surface area contributed by atoms with E-state index in [1.54, 1.807) is 12.1 Å². The number of aliphatic hydroxyl groups excluding tert-OH is 1. The number of amides is 1. The Bertz CT molecular complexity index is 1740. The summed E-state index contributed by atoms with van der Waals surface area (Å²) in [6.07, 6.45) is -1.15. The van der Waals surface area contributed by atoms with Gasteiger partial charge in [-0.25, -0.2) is 4.79 Å². The van der Waals surface area contributed by atoms with E-state index in [0.717, 1.165) is 28.7 Å². The van der Waals surface area contributed by atoms with Crippen molar-refractivity contribution in [3.05, 3.63) is 141 Å². The van der Waals surface area contributed by atoms with Gasteiger partial charge in [-0.2, -0.15) is 0 Å². The number of rotatable bonds is 12. The van der Waals surface area contributed by atoms with E-state index in [2.05, 4.69) is 15.6 Å². The van der Waals surface area contributed by atoms with Crippen LogP contribution in [0, 0.1) is 0 Å². The summed E-state index contributed by atoms with van der Waals surface area (Å²) >= 11 is 0. The molecular formula is C34H33N3O6. The van der Waals surface area contributed by atoms with Crippen LogP contribution < -0.4 is 20.9 Å². The van der Waals surface area contributed by atoms with E-state index in [0.29, 0.717) is 41.9 Å². The van der Waals surface area contributed by atoms with Gasteiger partial charge >= 0.3 is 6.09 Å². The van der Waals surface area contributed by atoms with E-state index in [1.807, 2.05) is 78.9 Å². The van der Waals surface area contributed by atoms with E-state index in [9.17, 15) is 24.9 Å². The first-order valence-electron chi connectivity index (χ1n) is 14.0. The van der Waals surface area contributed by atoms with Gasteiger partial charge in [0.2, 0.25) is 5.56 Å². The molecule has 0 bridgehead atoms.